The first kappa shape index (κ1) is 13.2. The normalized spacial score (nSPS) is 21.4. The molecule has 7 heteroatoms. The molecule has 1 fully saturated rings. The molecule has 1 aromatic rings. The Kier molecular flexibility index (Phi) is 3.54. The largest absolute Gasteiger partial charge is 0.460 e. The SMILES string of the molecule is Cc1ccnc(OCC2(O)CCS(=O)(=O)CC2)n1. The molecular formula is C11H16N2O4S. The number of hydrogen-bond acceptors (Lipinski definition) is 6. The van der Waals surface area contributed by atoms with Crippen molar-refractivity contribution in [3.8, 4) is 6.01 Å². The maximum absolute atomic E-state index is 11.3. The third kappa shape index (κ3) is 3.39. The molecule has 18 heavy (non-hydrogen) atoms. The fraction of sp³-hybridized carbons (Fsp3) is 0.636. The third-order valence-corrected chi connectivity index (χ3v) is 4.65. The molecular weight excluding hydrogens is 256 g/mol. The molecule has 6 nitrogen and oxygen atoms in total. The van der Waals surface area contributed by atoms with Crippen LogP contribution in [0.3, 0.4) is 0 Å². The highest BCUT2D eigenvalue weighted by Crippen LogP contribution is 2.24. The minimum absolute atomic E-state index is 0.00152. The molecule has 0 saturated carbocycles. The highest BCUT2D eigenvalue weighted by atomic mass is 32.2. The quantitative estimate of drug-likeness (QED) is 0.839. The molecule has 0 radical (unpaired) electrons. The van der Waals surface area contributed by atoms with Gasteiger partial charge in [-0.1, -0.05) is 0 Å². The van der Waals surface area contributed by atoms with E-state index in [4.69, 9.17) is 4.74 Å². The number of aliphatic hydroxyl groups is 1. The Morgan fingerprint density at radius 1 is 1.44 bits per heavy atom. The third-order valence-electron chi connectivity index (χ3n) is 3.00. The summed E-state index contributed by atoms with van der Waals surface area (Å²) in [6.45, 7) is 1.84. The zero-order valence-electron chi connectivity index (χ0n) is 10.2. The van der Waals surface area contributed by atoms with Crippen molar-refractivity contribution < 1.29 is 18.3 Å². The van der Waals surface area contributed by atoms with Crippen LogP contribution in [0.2, 0.25) is 0 Å². The van der Waals surface area contributed by atoms with Gasteiger partial charge in [-0.2, -0.15) is 0 Å². The highest BCUT2D eigenvalue weighted by molar-refractivity contribution is 7.91. The molecule has 1 aromatic heterocycles. The zero-order chi connectivity index (χ0) is 13.2. The lowest BCUT2D eigenvalue weighted by Crippen LogP contribution is -2.44. The average Bonchev–Trinajstić information content (AvgIpc) is 2.32. The molecule has 1 saturated heterocycles. The Bertz CT molecular complexity index is 516. The van der Waals surface area contributed by atoms with Crippen LogP contribution in [-0.4, -0.2) is 47.2 Å². The van der Waals surface area contributed by atoms with E-state index in [1.54, 1.807) is 12.3 Å². The van der Waals surface area contributed by atoms with Gasteiger partial charge in [-0.3, -0.25) is 0 Å². The molecule has 0 unspecified atom stereocenters. The number of ether oxygens (including phenoxy) is 1. The molecule has 0 spiro atoms. The summed E-state index contributed by atoms with van der Waals surface area (Å²) in [5.41, 5.74) is -0.323. The van der Waals surface area contributed by atoms with Gasteiger partial charge in [0.05, 0.1) is 11.5 Å². The summed E-state index contributed by atoms with van der Waals surface area (Å²) in [5.74, 6) is 0.00304. The van der Waals surface area contributed by atoms with Crippen molar-refractivity contribution in [1.29, 1.82) is 0 Å². The van der Waals surface area contributed by atoms with Gasteiger partial charge in [0.15, 0.2) is 9.84 Å². The Balaban J connectivity index is 1.94. The van der Waals surface area contributed by atoms with E-state index in [-0.39, 0.29) is 37.0 Å². The van der Waals surface area contributed by atoms with Crippen molar-refractivity contribution in [2.24, 2.45) is 0 Å². The van der Waals surface area contributed by atoms with Crippen molar-refractivity contribution >= 4 is 9.84 Å². The van der Waals surface area contributed by atoms with Gasteiger partial charge in [-0.15, -0.1) is 0 Å². The van der Waals surface area contributed by atoms with Gasteiger partial charge >= 0.3 is 6.01 Å². The van der Waals surface area contributed by atoms with Gasteiger partial charge in [-0.25, -0.2) is 18.4 Å². The van der Waals surface area contributed by atoms with E-state index in [2.05, 4.69) is 9.97 Å². The lowest BCUT2D eigenvalue weighted by molar-refractivity contribution is -0.0155. The van der Waals surface area contributed by atoms with Crippen LogP contribution < -0.4 is 4.74 Å². The molecule has 2 heterocycles. The Hall–Kier alpha value is -1.21. The fourth-order valence-electron chi connectivity index (χ4n) is 1.76. The van der Waals surface area contributed by atoms with Crippen LogP contribution in [0.25, 0.3) is 0 Å². The smallest absolute Gasteiger partial charge is 0.316 e. The maximum atomic E-state index is 11.3. The lowest BCUT2D eigenvalue weighted by atomic mass is 9.98. The lowest BCUT2D eigenvalue weighted by Gasteiger charge is -2.31. The summed E-state index contributed by atoms with van der Waals surface area (Å²) in [4.78, 5) is 7.98. The van der Waals surface area contributed by atoms with E-state index >= 15 is 0 Å². The molecule has 0 aliphatic carbocycles. The van der Waals surface area contributed by atoms with Crippen LogP contribution in [0.15, 0.2) is 12.3 Å². The number of nitrogens with zero attached hydrogens (tertiary/aromatic N) is 2. The van der Waals surface area contributed by atoms with Gasteiger partial charge in [-0.05, 0) is 25.8 Å². The number of aromatic nitrogens is 2. The van der Waals surface area contributed by atoms with Crippen molar-refractivity contribution in [3.05, 3.63) is 18.0 Å². The standard InChI is InChI=1S/C11H16N2O4S/c1-9-2-5-12-10(13-9)17-8-11(14)3-6-18(15,16)7-4-11/h2,5,14H,3-4,6-8H2,1H3. The van der Waals surface area contributed by atoms with E-state index in [0.29, 0.717) is 0 Å². The summed E-state index contributed by atoms with van der Waals surface area (Å²) < 4.78 is 27.9. The highest BCUT2D eigenvalue weighted by Gasteiger charge is 2.36. The van der Waals surface area contributed by atoms with E-state index in [1.807, 2.05) is 6.92 Å². The molecule has 0 aromatic carbocycles. The van der Waals surface area contributed by atoms with Gasteiger partial charge < -0.3 is 9.84 Å². The molecule has 100 valence electrons. The van der Waals surface area contributed by atoms with Gasteiger partial charge in [0.1, 0.15) is 12.2 Å². The first-order valence-corrected chi connectivity index (χ1v) is 7.56. The first-order chi connectivity index (χ1) is 8.39. The van der Waals surface area contributed by atoms with Crippen molar-refractivity contribution in [2.45, 2.75) is 25.4 Å². The van der Waals surface area contributed by atoms with E-state index in [0.717, 1.165) is 5.69 Å². The van der Waals surface area contributed by atoms with E-state index in [9.17, 15) is 13.5 Å². The summed E-state index contributed by atoms with van der Waals surface area (Å²) in [7, 11) is -2.99. The summed E-state index contributed by atoms with van der Waals surface area (Å²) in [6, 6.07) is 1.95. The molecule has 1 aliphatic heterocycles. The second-order valence-electron chi connectivity index (χ2n) is 4.65. The minimum Gasteiger partial charge on any atom is -0.460 e. The number of hydrogen-bond donors (Lipinski definition) is 1. The molecule has 0 amide bonds. The van der Waals surface area contributed by atoms with Gasteiger partial charge in [0.2, 0.25) is 0 Å². The molecule has 1 aliphatic rings. The van der Waals surface area contributed by atoms with Crippen LogP contribution in [0.1, 0.15) is 18.5 Å². The molecule has 0 bridgehead atoms. The van der Waals surface area contributed by atoms with Crippen LogP contribution in [0.4, 0.5) is 0 Å². The van der Waals surface area contributed by atoms with Crippen LogP contribution >= 0.6 is 0 Å². The maximum Gasteiger partial charge on any atom is 0.316 e. The number of rotatable bonds is 3. The predicted octanol–water partition coefficient (Wildman–Crippen LogP) is 0.104. The second kappa shape index (κ2) is 4.81. The van der Waals surface area contributed by atoms with Gasteiger partial charge in [0.25, 0.3) is 0 Å². The summed E-state index contributed by atoms with van der Waals surface area (Å²) in [6.07, 6.45) is 1.97. The van der Waals surface area contributed by atoms with Crippen molar-refractivity contribution in [3.63, 3.8) is 0 Å². The molecule has 2 rings (SSSR count). The second-order valence-corrected chi connectivity index (χ2v) is 6.95. The Morgan fingerprint density at radius 3 is 2.72 bits per heavy atom. The predicted molar refractivity (Wildman–Crippen MR) is 65.1 cm³/mol. The molecule has 0 atom stereocenters. The summed E-state index contributed by atoms with van der Waals surface area (Å²) in [5, 5.41) is 10.2. The Morgan fingerprint density at radius 2 is 2.11 bits per heavy atom. The number of sulfone groups is 1. The summed E-state index contributed by atoms with van der Waals surface area (Å²) >= 11 is 0. The monoisotopic (exact) mass is 272 g/mol. The Labute approximate surface area is 106 Å². The van der Waals surface area contributed by atoms with Crippen LogP contribution in [0.5, 0.6) is 6.01 Å². The van der Waals surface area contributed by atoms with Crippen LogP contribution in [0, 0.1) is 6.92 Å². The van der Waals surface area contributed by atoms with E-state index < -0.39 is 15.4 Å². The number of aryl methyl sites for hydroxylation is 1. The first-order valence-electron chi connectivity index (χ1n) is 5.74. The van der Waals surface area contributed by atoms with Crippen LogP contribution in [-0.2, 0) is 9.84 Å². The average molecular weight is 272 g/mol. The van der Waals surface area contributed by atoms with Crippen molar-refractivity contribution in [1.82, 2.24) is 9.97 Å². The molecule has 1 N–H and O–H groups in total. The minimum atomic E-state index is -2.99. The van der Waals surface area contributed by atoms with Crippen molar-refractivity contribution in [2.75, 3.05) is 18.1 Å². The van der Waals surface area contributed by atoms with E-state index in [1.165, 1.54) is 0 Å². The topological polar surface area (TPSA) is 89.4 Å². The van der Waals surface area contributed by atoms with Gasteiger partial charge in [0, 0.05) is 11.9 Å². The fourth-order valence-corrected chi connectivity index (χ4v) is 3.34. The zero-order valence-corrected chi connectivity index (χ0v) is 11.0.